The van der Waals surface area contributed by atoms with Gasteiger partial charge in [0, 0.05) is 42.8 Å². The Balaban J connectivity index is 1.52. The van der Waals surface area contributed by atoms with Crippen LogP contribution in [0.5, 0.6) is 0 Å². The molecule has 1 aliphatic rings. The van der Waals surface area contributed by atoms with Gasteiger partial charge in [-0.3, -0.25) is 9.36 Å². The summed E-state index contributed by atoms with van der Waals surface area (Å²) in [4.78, 5) is 22.7. The second-order valence-corrected chi connectivity index (χ2v) is 9.05. The van der Waals surface area contributed by atoms with Crippen LogP contribution < -0.4 is 15.8 Å². The standard InChI is InChI=1S/C27H27F2N5O/c1-18-4-5-21(31-22-13-19(28)12-20(29)14-22)15-26(18)34-17-30-25-7-6-23(16-24(25)27(34)35)33-9-3-8-32(2)10-11-33/h4-7,12-17,31H,3,8-11H2,1-2H3. The SMILES string of the molecule is Cc1ccc(Nc2cc(F)cc(F)c2)cc1-n1cnc2ccc(N3CCCN(C)CC3)cc2c1=O. The summed E-state index contributed by atoms with van der Waals surface area (Å²) in [6.45, 7) is 5.79. The molecule has 1 aliphatic heterocycles. The Morgan fingerprint density at radius 1 is 0.886 bits per heavy atom. The van der Waals surface area contributed by atoms with Crippen molar-refractivity contribution in [3.63, 3.8) is 0 Å². The lowest BCUT2D eigenvalue weighted by Gasteiger charge is -2.23. The maximum Gasteiger partial charge on any atom is 0.265 e. The van der Waals surface area contributed by atoms with Crippen molar-refractivity contribution in [2.24, 2.45) is 0 Å². The van der Waals surface area contributed by atoms with Crippen molar-refractivity contribution in [3.05, 3.63) is 88.5 Å². The van der Waals surface area contributed by atoms with Gasteiger partial charge in [0.15, 0.2) is 0 Å². The smallest absolute Gasteiger partial charge is 0.265 e. The van der Waals surface area contributed by atoms with E-state index >= 15 is 0 Å². The van der Waals surface area contributed by atoms with Crippen molar-refractivity contribution in [2.75, 3.05) is 43.4 Å². The maximum atomic E-state index is 13.6. The lowest BCUT2D eigenvalue weighted by atomic mass is 10.1. The molecule has 1 saturated heterocycles. The first kappa shape index (κ1) is 23.0. The highest BCUT2D eigenvalue weighted by atomic mass is 19.1. The Morgan fingerprint density at radius 2 is 1.69 bits per heavy atom. The second kappa shape index (κ2) is 9.46. The molecule has 35 heavy (non-hydrogen) atoms. The van der Waals surface area contributed by atoms with Crippen molar-refractivity contribution in [1.29, 1.82) is 0 Å². The molecule has 4 aromatic rings. The summed E-state index contributed by atoms with van der Waals surface area (Å²) < 4.78 is 28.7. The molecule has 180 valence electrons. The van der Waals surface area contributed by atoms with Gasteiger partial charge < -0.3 is 15.1 Å². The molecule has 0 saturated carbocycles. The predicted octanol–water partition coefficient (Wildman–Crippen LogP) is 4.86. The fourth-order valence-electron chi connectivity index (χ4n) is 4.52. The average Bonchev–Trinajstić information content (AvgIpc) is 3.04. The highest BCUT2D eigenvalue weighted by Gasteiger charge is 2.15. The number of anilines is 3. The number of likely N-dealkylation sites (N-methyl/N-ethyl adjacent to an activating group) is 1. The Labute approximate surface area is 202 Å². The Morgan fingerprint density at radius 3 is 2.49 bits per heavy atom. The van der Waals surface area contributed by atoms with Gasteiger partial charge >= 0.3 is 0 Å². The molecular weight excluding hydrogens is 448 g/mol. The number of hydrogen-bond acceptors (Lipinski definition) is 5. The fourth-order valence-corrected chi connectivity index (χ4v) is 4.52. The summed E-state index contributed by atoms with van der Waals surface area (Å²) in [5, 5.41) is 3.56. The molecule has 8 heteroatoms. The van der Waals surface area contributed by atoms with Gasteiger partial charge in [0.25, 0.3) is 5.56 Å². The van der Waals surface area contributed by atoms with Crippen LogP contribution in [0.2, 0.25) is 0 Å². The van der Waals surface area contributed by atoms with E-state index in [-0.39, 0.29) is 11.2 Å². The van der Waals surface area contributed by atoms with E-state index in [1.807, 2.05) is 31.2 Å². The summed E-state index contributed by atoms with van der Waals surface area (Å²) in [6.07, 6.45) is 2.60. The molecule has 3 aromatic carbocycles. The number of aromatic nitrogens is 2. The van der Waals surface area contributed by atoms with Crippen molar-refractivity contribution in [2.45, 2.75) is 13.3 Å². The zero-order chi connectivity index (χ0) is 24.5. The van der Waals surface area contributed by atoms with E-state index in [1.54, 1.807) is 12.1 Å². The lowest BCUT2D eigenvalue weighted by Crippen LogP contribution is -2.29. The number of benzene rings is 3. The van der Waals surface area contributed by atoms with Crippen LogP contribution in [0.15, 0.2) is 65.7 Å². The van der Waals surface area contributed by atoms with Crippen LogP contribution in [-0.2, 0) is 0 Å². The summed E-state index contributed by atoms with van der Waals surface area (Å²) in [7, 11) is 2.13. The van der Waals surface area contributed by atoms with Crippen LogP contribution in [-0.4, -0.2) is 47.7 Å². The van der Waals surface area contributed by atoms with E-state index in [9.17, 15) is 13.6 Å². The van der Waals surface area contributed by atoms with E-state index in [4.69, 9.17) is 0 Å². The molecule has 1 aromatic heterocycles. The summed E-state index contributed by atoms with van der Waals surface area (Å²) in [5.41, 5.74) is 3.90. The first-order valence-corrected chi connectivity index (χ1v) is 11.7. The molecule has 0 aliphatic carbocycles. The van der Waals surface area contributed by atoms with Crippen molar-refractivity contribution in [1.82, 2.24) is 14.5 Å². The number of halogens is 2. The molecule has 5 rings (SSSR count). The number of fused-ring (bicyclic) bond motifs is 1. The van der Waals surface area contributed by atoms with Crippen LogP contribution in [0.4, 0.5) is 25.8 Å². The van der Waals surface area contributed by atoms with Gasteiger partial charge in [0.05, 0.1) is 16.6 Å². The summed E-state index contributed by atoms with van der Waals surface area (Å²) >= 11 is 0. The fraction of sp³-hybridized carbons (Fsp3) is 0.259. The Kier molecular flexibility index (Phi) is 6.21. The van der Waals surface area contributed by atoms with Crippen LogP contribution in [0, 0.1) is 18.6 Å². The van der Waals surface area contributed by atoms with Crippen LogP contribution in [0.1, 0.15) is 12.0 Å². The lowest BCUT2D eigenvalue weighted by molar-refractivity contribution is 0.360. The Bertz CT molecular complexity index is 1430. The number of rotatable bonds is 4. The van der Waals surface area contributed by atoms with Gasteiger partial charge in [-0.1, -0.05) is 6.07 Å². The average molecular weight is 476 g/mol. The van der Waals surface area contributed by atoms with Crippen molar-refractivity contribution < 1.29 is 8.78 Å². The van der Waals surface area contributed by atoms with Gasteiger partial charge in [-0.15, -0.1) is 0 Å². The van der Waals surface area contributed by atoms with Crippen LogP contribution in [0.3, 0.4) is 0 Å². The van der Waals surface area contributed by atoms with Crippen molar-refractivity contribution in [3.8, 4) is 5.69 Å². The van der Waals surface area contributed by atoms with E-state index < -0.39 is 11.6 Å². The minimum Gasteiger partial charge on any atom is -0.370 e. The third kappa shape index (κ3) is 4.88. The second-order valence-electron chi connectivity index (χ2n) is 9.05. The predicted molar refractivity (Wildman–Crippen MR) is 136 cm³/mol. The Hall–Kier alpha value is -3.78. The molecule has 0 bridgehead atoms. The normalized spacial score (nSPS) is 14.8. The van der Waals surface area contributed by atoms with E-state index in [2.05, 4.69) is 27.1 Å². The molecule has 0 amide bonds. The van der Waals surface area contributed by atoms with Gasteiger partial charge in [-0.25, -0.2) is 13.8 Å². The van der Waals surface area contributed by atoms with Gasteiger partial charge in [0.1, 0.15) is 18.0 Å². The molecule has 2 heterocycles. The molecule has 0 atom stereocenters. The maximum absolute atomic E-state index is 13.6. The highest BCUT2D eigenvalue weighted by Crippen LogP contribution is 2.25. The monoisotopic (exact) mass is 475 g/mol. The molecule has 1 N–H and O–H groups in total. The zero-order valence-electron chi connectivity index (χ0n) is 19.8. The van der Waals surface area contributed by atoms with E-state index in [0.29, 0.717) is 22.3 Å². The van der Waals surface area contributed by atoms with Crippen LogP contribution >= 0.6 is 0 Å². The van der Waals surface area contributed by atoms with E-state index in [1.165, 1.54) is 23.0 Å². The number of nitrogens with one attached hydrogen (secondary N) is 1. The summed E-state index contributed by atoms with van der Waals surface area (Å²) in [5.74, 6) is -1.33. The summed E-state index contributed by atoms with van der Waals surface area (Å²) in [6, 6.07) is 14.5. The van der Waals surface area contributed by atoms with Gasteiger partial charge in [-0.2, -0.15) is 0 Å². The topological polar surface area (TPSA) is 53.4 Å². The number of hydrogen-bond donors (Lipinski definition) is 1. The third-order valence-corrected chi connectivity index (χ3v) is 6.45. The number of aryl methyl sites for hydroxylation is 1. The van der Waals surface area contributed by atoms with E-state index in [0.717, 1.165) is 49.9 Å². The molecule has 6 nitrogen and oxygen atoms in total. The van der Waals surface area contributed by atoms with Crippen molar-refractivity contribution >= 4 is 28.0 Å². The third-order valence-electron chi connectivity index (χ3n) is 6.45. The largest absolute Gasteiger partial charge is 0.370 e. The highest BCUT2D eigenvalue weighted by molar-refractivity contribution is 5.82. The first-order valence-electron chi connectivity index (χ1n) is 11.7. The molecular formula is C27H27F2N5O. The molecule has 1 fully saturated rings. The molecule has 0 radical (unpaired) electrons. The van der Waals surface area contributed by atoms with Gasteiger partial charge in [-0.05, 0) is 75.0 Å². The number of nitrogens with zero attached hydrogens (tertiary/aromatic N) is 4. The quantitative estimate of drug-likeness (QED) is 0.457. The molecule has 0 spiro atoms. The van der Waals surface area contributed by atoms with Crippen LogP contribution in [0.25, 0.3) is 16.6 Å². The minimum absolute atomic E-state index is 0.166. The zero-order valence-corrected chi connectivity index (χ0v) is 19.8. The van der Waals surface area contributed by atoms with Gasteiger partial charge in [0.2, 0.25) is 0 Å². The first-order chi connectivity index (χ1) is 16.9. The minimum atomic E-state index is -0.665. The molecule has 0 unspecified atom stereocenters.